The summed E-state index contributed by atoms with van der Waals surface area (Å²) in [5.41, 5.74) is 1.16. The summed E-state index contributed by atoms with van der Waals surface area (Å²) in [5, 5.41) is 1.50. The van der Waals surface area contributed by atoms with Crippen molar-refractivity contribution in [3.63, 3.8) is 0 Å². The van der Waals surface area contributed by atoms with Crippen LogP contribution in [-0.4, -0.2) is 30.4 Å². The molecule has 5 heteroatoms. The van der Waals surface area contributed by atoms with Crippen molar-refractivity contribution < 1.29 is 13.6 Å². The highest BCUT2D eigenvalue weighted by atomic mass is 28.4. The molecule has 1 aromatic rings. The topological polar surface area (TPSA) is 27.7 Å². The zero-order valence-electron chi connectivity index (χ0n) is 20.3. The molecule has 0 bridgehead atoms. The number of methoxy groups -OCH3 is 1. The van der Waals surface area contributed by atoms with E-state index in [0.717, 1.165) is 17.8 Å². The lowest BCUT2D eigenvalue weighted by atomic mass is 10.0. The van der Waals surface area contributed by atoms with Crippen LogP contribution in [0, 0.1) is 5.92 Å². The molecule has 0 spiro atoms. The van der Waals surface area contributed by atoms with Gasteiger partial charge in [0.25, 0.3) is 8.32 Å². The Morgan fingerprint density at radius 1 is 1.03 bits per heavy atom. The zero-order valence-corrected chi connectivity index (χ0v) is 22.3. The molecule has 29 heavy (non-hydrogen) atoms. The van der Waals surface area contributed by atoms with Gasteiger partial charge in [-0.2, -0.15) is 0 Å². The van der Waals surface area contributed by atoms with Crippen molar-refractivity contribution in [1.29, 1.82) is 0 Å². The summed E-state index contributed by atoms with van der Waals surface area (Å²) in [4.78, 5) is 0. The zero-order chi connectivity index (χ0) is 22.3. The normalized spacial score (nSPS) is 14.3. The third-order valence-corrected chi connectivity index (χ3v) is 12.7. The number of hydrogen-bond donors (Lipinski definition) is 0. The predicted molar refractivity (Wildman–Crippen MR) is 130 cm³/mol. The highest BCUT2D eigenvalue weighted by molar-refractivity contribution is 6.84. The van der Waals surface area contributed by atoms with Gasteiger partial charge in [-0.15, -0.1) is 0 Å². The van der Waals surface area contributed by atoms with Crippen molar-refractivity contribution in [2.24, 2.45) is 5.92 Å². The Labute approximate surface area is 181 Å². The average molecular weight is 435 g/mol. The Bertz CT molecular complexity index is 684. The molecule has 0 N–H and O–H groups in total. The fraction of sp³-hybridized carbons (Fsp3) is 0.583. The second-order valence-electron chi connectivity index (χ2n) is 9.92. The van der Waals surface area contributed by atoms with E-state index in [1.165, 1.54) is 5.19 Å². The summed E-state index contributed by atoms with van der Waals surface area (Å²) in [7, 11) is -2.17. The van der Waals surface area contributed by atoms with Gasteiger partial charge in [-0.1, -0.05) is 65.0 Å². The van der Waals surface area contributed by atoms with Gasteiger partial charge in [-0.25, -0.2) is 0 Å². The SMILES string of the molecule is CO/C=C/C(CCO[Si](C)(C)C(C)(C)C)=C(\O[Si](C)(C)c1ccccc1)C(C)C. The number of ether oxygens (including phenoxy) is 1. The van der Waals surface area contributed by atoms with E-state index in [0.29, 0.717) is 6.61 Å². The van der Waals surface area contributed by atoms with E-state index in [4.69, 9.17) is 13.6 Å². The molecule has 0 heterocycles. The average Bonchev–Trinajstić information content (AvgIpc) is 2.62. The molecular formula is C24H42O3Si2. The Morgan fingerprint density at radius 3 is 2.10 bits per heavy atom. The van der Waals surface area contributed by atoms with Gasteiger partial charge in [0.2, 0.25) is 0 Å². The molecule has 0 aliphatic carbocycles. The molecule has 0 amide bonds. The van der Waals surface area contributed by atoms with E-state index in [-0.39, 0.29) is 11.0 Å². The van der Waals surface area contributed by atoms with Gasteiger partial charge < -0.3 is 13.6 Å². The Morgan fingerprint density at radius 2 is 1.62 bits per heavy atom. The maximum Gasteiger partial charge on any atom is 0.276 e. The summed E-state index contributed by atoms with van der Waals surface area (Å²) in [6.07, 6.45) is 4.60. The van der Waals surface area contributed by atoms with Crippen molar-refractivity contribution in [3.8, 4) is 0 Å². The maximum atomic E-state index is 6.76. The van der Waals surface area contributed by atoms with E-state index >= 15 is 0 Å². The van der Waals surface area contributed by atoms with Crippen LogP contribution < -0.4 is 5.19 Å². The number of benzene rings is 1. The van der Waals surface area contributed by atoms with Gasteiger partial charge in [0.05, 0.1) is 19.1 Å². The first kappa shape index (κ1) is 25.7. The quantitative estimate of drug-likeness (QED) is 0.236. The molecule has 1 rings (SSSR count). The molecule has 164 valence electrons. The molecule has 0 fully saturated rings. The van der Waals surface area contributed by atoms with Gasteiger partial charge in [-0.3, -0.25) is 0 Å². The van der Waals surface area contributed by atoms with E-state index in [2.05, 4.69) is 91.1 Å². The van der Waals surface area contributed by atoms with E-state index < -0.39 is 16.6 Å². The Kier molecular flexibility index (Phi) is 9.44. The molecule has 0 aliphatic rings. The van der Waals surface area contributed by atoms with Crippen LogP contribution in [0.5, 0.6) is 0 Å². The molecule has 1 aromatic carbocycles. The van der Waals surface area contributed by atoms with Crippen LogP contribution in [0.2, 0.25) is 31.2 Å². The summed E-state index contributed by atoms with van der Waals surface area (Å²) in [5.74, 6) is 1.34. The van der Waals surface area contributed by atoms with Gasteiger partial charge in [-0.05, 0) is 54.5 Å². The van der Waals surface area contributed by atoms with Crippen LogP contribution in [0.1, 0.15) is 41.0 Å². The molecule has 0 saturated heterocycles. The van der Waals surface area contributed by atoms with Crippen molar-refractivity contribution in [3.05, 3.63) is 54.0 Å². The fourth-order valence-electron chi connectivity index (χ4n) is 2.80. The number of hydrogen-bond acceptors (Lipinski definition) is 3. The summed E-state index contributed by atoms with van der Waals surface area (Å²) >= 11 is 0. The first-order valence-electron chi connectivity index (χ1n) is 10.6. The minimum absolute atomic E-state index is 0.207. The molecule has 0 aromatic heterocycles. The van der Waals surface area contributed by atoms with Gasteiger partial charge in [0.1, 0.15) is 0 Å². The van der Waals surface area contributed by atoms with E-state index in [1.54, 1.807) is 13.4 Å². The first-order chi connectivity index (χ1) is 13.3. The standard InChI is InChI=1S/C24H42O3Si2/c1-20(2)23(27-28(7,8)22-14-12-11-13-15-22)21(16-18-25-6)17-19-26-29(9,10)24(3,4)5/h11-16,18,20H,17,19H2,1-10H3/b18-16+,23-21+. The third kappa shape index (κ3) is 7.80. The highest BCUT2D eigenvalue weighted by Gasteiger charge is 2.37. The van der Waals surface area contributed by atoms with Crippen LogP contribution in [0.4, 0.5) is 0 Å². The van der Waals surface area contributed by atoms with Crippen molar-refractivity contribution in [2.75, 3.05) is 13.7 Å². The molecule has 0 saturated carbocycles. The largest absolute Gasteiger partial charge is 0.542 e. The summed E-state index contributed by atoms with van der Waals surface area (Å²) in [6.45, 7) is 21.0. The lowest BCUT2D eigenvalue weighted by Crippen LogP contribution is -2.45. The van der Waals surface area contributed by atoms with Gasteiger partial charge in [0.15, 0.2) is 8.32 Å². The van der Waals surface area contributed by atoms with Crippen LogP contribution in [0.3, 0.4) is 0 Å². The maximum absolute atomic E-state index is 6.76. The van der Waals surface area contributed by atoms with Crippen LogP contribution >= 0.6 is 0 Å². The minimum atomic E-state index is -2.08. The lowest BCUT2D eigenvalue weighted by molar-refractivity contribution is 0.286. The van der Waals surface area contributed by atoms with E-state index in [9.17, 15) is 0 Å². The van der Waals surface area contributed by atoms with Crippen LogP contribution in [0.25, 0.3) is 0 Å². The molecule has 0 aliphatic heterocycles. The van der Waals surface area contributed by atoms with Crippen molar-refractivity contribution in [2.45, 2.75) is 72.3 Å². The molecule has 0 unspecified atom stereocenters. The molecule has 0 radical (unpaired) electrons. The van der Waals surface area contributed by atoms with E-state index in [1.807, 2.05) is 6.08 Å². The number of allylic oxidation sites excluding steroid dienone is 2. The van der Waals surface area contributed by atoms with Crippen LogP contribution in [0.15, 0.2) is 54.0 Å². The smallest absolute Gasteiger partial charge is 0.276 e. The summed E-state index contributed by atoms with van der Waals surface area (Å²) < 4.78 is 18.4. The predicted octanol–water partition coefficient (Wildman–Crippen LogP) is 6.60. The minimum Gasteiger partial charge on any atom is -0.542 e. The summed E-state index contributed by atoms with van der Waals surface area (Å²) in [6, 6.07) is 10.6. The Hall–Kier alpha value is -1.31. The monoisotopic (exact) mass is 434 g/mol. The third-order valence-electron chi connectivity index (χ3n) is 5.72. The molecule has 3 nitrogen and oxygen atoms in total. The van der Waals surface area contributed by atoms with Crippen molar-refractivity contribution >= 4 is 21.8 Å². The first-order valence-corrected chi connectivity index (χ1v) is 16.4. The Balaban J connectivity index is 3.14. The lowest BCUT2D eigenvalue weighted by Gasteiger charge is -2.36. The molecule has 0 atom stereocenters. The van der Waals surface area contributed by atoms with Crippen LogP contribution in [-0.2, 0) is 13.6 Å². The van der Waals surface area contributed by atoms with Gasteiger partial charge >= 0.3 is 0 Å². The second-order valence-corrected chi connectivity index (χ2v) is 18.5. The number of rotatable bonds is 10. The van der Waals surface area contributed by atoms with Crippen molar-refractivity contribution in [1.82, 2.24) is 0 Å². The second kappa shape index (κ2) is 10.6. The van der Waals surface area contributed by atoms with Gasteiger partial charge in [0, 0.05) is 12.5 Å². The molecular weight excluding hydrogens is 392 g/mol. The fourth-order valence-corrected chi connectivity index (χ4v) is 5.87. The highest BCUT2D eigenvalue weighted by Crippen LogP contribution is 2.37.